The Bertz CT molecular complexity index is 1320. The Morgan fingerprint density at radius 2 is 2.00 bits per heavy atom. The quantitative estimate of drug-likeness (QED) is 0.274. The van der Waals surface area contributed by atoms with Crippen molar-refractivity contribution in [2.75, 3.05) is 17.2 Å². The molecule has 2 heterocycles. The van der Waals surface area contributed by atoms with Gasteiger partial charge in [0, 0.05) is 12.2 Å². The van der Waals surface area contributed by atoms with E-state index in [0.29, 0.717) is 32.6 Å². The van der Waals surface area contributed by atoms with Crippen LogP contribution in [0.3, 0.4) is 0 Å². The monoisotopic (exact) mass is 469 g/mol. The Morgan fingerprint density at radius 1 is 1.19 bits per heavy atom. The molecular formula is C23H20ClN3O2S2. The summed E-state index contributed by atoms with van der Waals surface area (Å²) >= 11 is 8.98. The second kappa shape index (κ2) is 9.26. The first-order chi connectivity index (χ1) is 15.0. The van der Waals surface area contributed by atoms with Crippen LogP contribution < -0.4 is 10.5 Å². The first-order valence-corrected chi connectivity index (χ1v) is 12.0. The van der Waals surface area contributed by atoms with Crippen molar-refractivity contribution < 1.29 is 4.79 Å². The highest BCUT2D eigenvalue weighted by molar-refractivity contribution is 7.99. The number of carbonyl (C=O) groups excluding carboxylic acids is 1. The zero-order chi connectivity index (χ0) is 22.0. The van der Waals surface area contributed by atoms with Gasteiger partial charge in [0.25, 0.3) is 5.56 Å². The van der Waals surface area contributed by atoms with Gasteiger partial charge in [-0.1, -0.05) is 47.6 Å². The van der Waals surface area contributed by atoms with E-state index >= 15 is 0 Å². The minimum absolute atomic E-state index is 0.0523. The van der Waals surface area contributed by atoms with Crippen LogP contribution in [0.25, 0.3) is 15.9 Å². The third kappa shape index (κ3) is 4.39. The molecule has 0 radical (unpaired) electrons. The molecule has 2 aromatic carbocycles. The minimum Gasteiger partial charge on any atom is -0.312 e. The maximum Gasteiger partial charge on any atom is 0.276 e. The number of hydrogen-bond donors (Lipinski definition) is 0. The first kappa shape index (κ1) is 21.6. The van der Waals surface area contributed by atoms with Gasteiger partial charge in [0.15, 0.2) is 5.16 Å². The van der Waals surface area contributed by atoms with E-state index in [4.69, 9.17) is 11.6 Å². The Hall–Kier alpha value is -2.61. The lowest BCUT2D eigenvalue weighted by atomic mass is 10.2. The maximum atomic E-state index is 13.2. The fraction of sp³-hybridized carbons (Fsp3) is 0.174. The minimum atomic E-state index is -0.186. The summed E-state index contributed by atoms with van der Waals surface area (Å²) in [6, 6.07) is 16.8. The first-order valence-electron chi connectivity index (χ1n) is 9.74. The number of thiophene rings is 1. The van der Waals surface area contributed by atoms with E-state index in [1.165, 1.54) is 27.7 Å². The third-order valence-corrected chi connectivity index (χ3v) is 6.93. The predicted octanol–water partition coefficient (Wildman–Crippen LogP) is 5.55. The number of amides is 1. The highest BCUT2D eigenvalue weighted by Gasteiger charge is 2.19. The van der Waals surface area contributed by atoms with Crippen molar-refractivity contribution in [2.45, 2.75) is 19.0 Å². The lowest BCUT2D eigenvalue weighted by Crippen LogP contribution is -2.32. The summed E-state index contributed by atoms with van der Waals surface area (Å²) in [6.45, 7) is 4.50. The molecule has 31 heavy (non-hydrogen) atoms. The molecule has 5 nitrogen and oxygen atoms in total. The number of halogens is 1. The average Bonchev–Trinajstić information content (AvgIpc) is 3.23. The smallest absolute Gasteiger partial charge is 0.276 e. The second-order valence-electron chi connectivity index (χ2n) is 6.89. The summed E-state index contributed by atoms with van der Waals surface area (Å²) < 4.78 is 2.06. The summed E-state index contributed by atoms with van der Waals surface area (Å²) in [6.07, 6.45) is 0. The normalized spacial score (nSPS) is 11.1. The van der Waals surface area contributed by atoms with E-state index in [-0.39, 0.29) is 17.2 Å². The van der Waals surface area contributed by atoms with Crippen LogP contribution in [0.5, 0.6) is 0 Å². The van der Waals surface area contributed by atoms with Crippen LogP contribution in [0.2, 0.25) is 5.02 Å². The zero-order valence-electron chi connectivity index (χ0n) is 17.0. The van der Waals surface area contributed by atoms with Crippen molar-refractivity contribution in [1.29, 1.82) is 0 Å². The molecule has 0 aliphatic carbocycles. The molecule has 0 saturated heterocycles. The number of aryl methyl sites for hydroxylation is 1. The van der Waals surface area contributed by atoms with E-state index in [0.717, 1.165) is 11.3 Å². The molecule has 4 aromatic rings. The molecule has 0 unspecified atom stereocenters. The van der Waals surface area contributed by atoms with Crippen LogP contribution in [0.1, 0.15) is 12.5 Å². The van der Waals surface area contributed by atoms with Gasteiger partial charge in [-0.25, -0.2) is 4.98 Å². The molecular weight excluding hydrogens is 450 g/mol. The number of benzene rings is 2. The highest BCUT2D eigenvalue weighted by atomic mass is 35.5. The van der Waals surface area contributed by atoms with Crippen molar-refractivity contribution in [1.82, 2.24) is 9.55 Å². The largest absolute Gasteiger partial charge is 0.312 e. The molecule has 1 amide bonds. The van der Waals surface area contributed by atoms with Gasteiger partial charge in [0.2, 0.25) is 5.91 Å². The van der Waals surface area contributed by atoms with Crippen LogP contribution in [0, 0.1) is 6.92 Å². The lowest BCUT2D eigenvalue weighted by Gasteiger charge is -2.21. The van der Waals surface area contributed by atoms with Crippen LogP contribution in [-0.4, -0.2) is 27.8 Å². The number of thioether (sulfide) groups is 1. The van der Waals surface area contributed by atoms with Gasteiger partial charge >= 0.3 is 0 Å². The molecule has 4 rings (SSSR count). The van der Waals surface area contributed by atoms with Crippen molar-refractivity contribution in [3.63, 3.8) is 0 Å². The van der Waals surface area contributed by atoms with Crippen LogP contribution in [0.15, 0.2) is 69.9 Å². The van der Waals surface area contributed by atoms with Gasteiger partial charge in [0.1, 0.15) is 4.70 Å². The fourth-order valence-corrected chi connectivity index (χ4v) is 5.20. The number of nitrogens with zero attached hydrogens (tertiary/aromatic N) is 3. The van der Waals surface area contributed by atoms with Crippen LogP contribution >= 0.6 is 34.7 Å². The Labute approximate surface area is 193 Å². The van der Waals surface area contributed by atoms with Gasteiger partial charge in [-0.3, -0.25) is 14.2 Å². The standard InChI is InChI=1S/C23H20ClN3O2S2/c1-3-26(16-8-6-7-15(2)13-16)20(28)14-31-23-25-18-11-12-30-21(18)22(29)27(23)19-10-5-4-9-17(19)24/h4-13H,3,14H2,1-2H3. The van der Waals surface area contributed by atoms with Gasteiger partial charge in [-0.15, -0.1) is 11.3 Å². The maximum absolute atomic E-state index is 13.2. The third-order valence-electron chi connectivity index (χ3n) is 4.80. The molecule has 0 aliphatic rings. The highest BCUT2D eigenvalue weighted by Crippen LogP contribution is 2.27. The topological polar surface area (TPSA) is 55.2 Å². The molecule has 0 spiro atoms. The zero-order valence-corrected chi connectivity index (χ0v) is 19.4. The van der Waals surface area contributed by atoms with Gasteiger partial charge < -0.3 is 4.90 Å². The predicted molar refractivity (Wildman–Crippen MR) is 130 cm³/mol. The lowest BCUT2D eigenvalue weighted by molar-refractivity contribution is -0.116. The molecule has 0 N–H and O–H groups in total. The van der Waals surface area contributed by atoms with E-state index in [2.05, 4.69) is 4.98 Å². The van der Waals surface area contributed by atoms with E-state index in [1.54, 1.807) is 17.0 Å². The number of fused-ring (bicyclic) bond motifs is 1. The molecule has 0 aliphatic heterocycles. The number of aromatic nitrogens is 2. The number of hydrogen-bond acceptors (Lipinski definition) is 5. The summed E-state index contributed by atoms with van der Waals surface area (Å²) in [7, 11) is 0. The van der Waals surface area contributed by atoms with Crippen molar-refractivity contribution in [3.8, 4) is 5.69 Å². The summed E-state index contributed by atoms with van der Waals surface area (Å²) in [5, 5.41) is 2.73. The second-order valence-corrected chi connectivity index (χ2v) is 9.15. The van der Waals surface area contributed by atoms with E-state index < -0.39 is 0 Å². The Kier molecular flexibility index (Phi) is 6.46. The van der Waals surface area contributed by atoms with Crippen molar-refractivity contribution in [3.05, 3.63) is 80.9 Å². The molecule has 0 bridgehead atoms. The van der Waals surface area contributed by atoms with Gasteiger partial charge in [0.05, 0.1) is 22.0 Å². The van der Waals surface area contributed by atoms with E-state index in [9.17, 15) is 9.59 Å². The fourth-order valence-electron chi connectivity index (χ4n) is 3.34. The Morgan fingerprint density at radius 3 is 2.74 bits per heavy atom. The molecule has 2 aromatic heterocycles. The Balaban J connectivity index is 1.70. The molecule has 0 saturated carbocycles. The summed E-state index contributed by atoms with van der Waals surface area (Å²) in [5.41, 5.74) is 2.94. The number of carbonyl (C=O) groups is 1. The van der Waals surface area contributed by atoms with Crippen LogP contribution in [-0.2, 0) is 4.79 Å². The molecule has 158 valence electrons. The summed E-state index contributed by atoms with van der Waals surface area (Å²) in [4.78, 5) is 32.7. The van der Waals surface area contributed by atoms with Gasteiger partial charge in [-0.2, -0.15) is 0 Å². The number of para-hydroxylation sites is 1. The van der Waals surface area contributed by atoms with E-state index in [1.807, 2.05) is 61.7 Å². The molecule has 0 atom stereocenters. The molecule has 0 fully saturated rings. The average molecular weight is 470 g/mol. The van der Waals surface area contributed by atoms with Gasteiger partial charge in [-0.05, 0) is 55.1 Å². The molecule has 8 heteroatoms. The SMILES string of the molecule is CCN(C(=O)CSc1nc2ccsc2c(=O)n1-c1ccccc1Cl)c1cccc(C)c1. The van der Waals surface area contributed by atoms with Crippen molar-refractivity contribution >= 4 is 56.5 Å². The number of rotatable bonds is 6. The summed E-state index contributed by atoms with van der Waals surface area (Å²) in [5.74, 6) is 0.0948. The number of anilines is 1. The van der Waals surface area contributed by atoms with Crippen LogP contribution in [0.4, 0.5) is 5.69 Å². The van der Waals surface area contributed by atoms with Crippen molar-refractivity contribution in [2.24, 2.45) is 0 Å².